The van der Waals surface area contributed by atoms with Gasteiger partial charge in [-0.1, -0.05) is 65.2 Å². The molecule has 0 saturated heterocycles. The van der Waals surface area contributed by atoms with Gasteiger partial charge in [-0.05, 0) is 45.0 Å². The summed E-state index contributed by atoms with van der Waals surface area (Å²) in [5, 5.41) is 8.96. The molecule has 2 N–H and O–H groups in total. The molecule has 198 valence electrons. The molecule has 0 bridgehead atoms. The lowest BCUT2D eigenvalue weighted by molar-refractivity contribution is 0.583. The van der Waals surface area contributed by atoms with Gasteiger partial charge in [-0.15, -0.1) is 0 Å². The van der Waals surface area contributed by atoms with E-state index in [4.69, 9.17) is 11.6 Å². The Hall–Kier alpha value is -3.67. The van der Waals surface area contributed by atoms with Gasteiger partial charge in [0.05, 0.1) is 27.7 Å². The Bertz CT molecular complexity index is 1740. The fourth-order valence-corrected chi connectivity index (χ4v) is 5.76. The van der Waals surface area contributed by atoms with Crippen LogP contribution in [0.5, 0.6) is 0 Å². The summed E-state index contributed by atoms with van der Waals surface area (Å²) in [6.07, 6.45) is 2.75. The third kappa shape index (κ3) is 5.74. The number of sulfonamides is 2. The predicted molar refractivity (Wildman–Crippen MR) is 151 cm³/mol. The number of nitrogens with one attached hydrogen (secondary N) is 2. The Morgan fingerprint density at radius 3 is 1.79 bits per heavy atom. The first-order valence-corrected chi connectivity index (χ1v) is 14.9. The number of hydrogen-bond acceptors (Lipinski definition) is 6. The highest BCUT2D eigenvalue weighted by atomic mass is 35.5. The first kappa shape index (κ1) is 27.4. The molecule has 0 unspecified atom stereocenters. The zero-order valence-corrected chi connectivity index (χ0v) is 23.3. The summed E-state index contributed by atoms with van der Waals surface area (Å²) in [6.45, 7) is 6.14. The molecule has 1 heterocycles. The van der Waals surface area contributed by atoms with Crippen molar-refractivity contribution in [2.75, 3.05) is 0 Å². The first-order valence-electron chi connectivity index (χ1n) is 11.6. The standard InChI is InChI=1S/C26H26ClN5O4S2/c1-4-32-25-20(16-28-30-37(33,34)21-12-8-18(2)9-13-21)6-5-7-23(25)24(26(32)27)17-29-31-38(35,36)22-14-10-19(3)11-15-22/h5-17,30-31H,4H2,1-3H3/b28-16+,29-17+. The van der Waals surface area contributed by atoms with E-state index in [2.05, 4.69) is 19.9 Å². The second kappa shape index (κ2) is 11.0. The second-order valence-electron chi connectivity index (χ2n) is 8.52. The van der Waals surface area contributed by atoms with E-state index in [9.17, 15) is 16.8 Å². The van der Waals surface area contributed by atoms with Crippen molar-refractivity contribution in [1.82, 2.24) is 14.2 Å². The van der Waals surface area contributed by atoms with Gasteiger partial charge in [-0.25, -0.2) is 9.66 Å². The Labute approximate surface area is 226 Å². The van der Waals surface area contributed by atoms with Crippen molar-refractivity contribution in [2.45, 2.75) is 37.1 Å². The molecule has 9 nitrogen and oxygen atoms in total. The molecule has 38 heavy (non-hydrogen) atoms. The van der Waals surface area contributed by atoms with Gasteiger partial charge < -0.3 is 4.57 Å². The number of halogens is 1. The molecule has 12 heteroatoms. The number of hydrogen-bond donors (Lipinski definition) is 2. The van der Waals surface area contributed by atoms with Crippen LogP contribution in [0.2, 0.25) is 5.15 Å². The Kier molecular flexibility index (Phi) is 7.91. The van der Waals surface area contributed by atoms with Crippen molar-refractivity contribution >= 4 is 55.0 Å². The highest BCUT2D eigenvalue weighted by Gasteiger charge is 2.17. The minimum absolute atomic E-state index is 0.0916. The third-order valence-corrected chi connectivity index (χ3v) is 8.69. The molecule has 4 aromatic rings. The Balaban J connectivity index is 1.63. The molecule has 0 radical (unpaired) electrons. The first-order chi connectivity index (χ1) is 18.0. The van der Waals surface area contributed by atoms with Crippen LogP contribution in [0.1, 0.15) is 29.2 Å². The normalized spacial score (nSPS) is 12.5. The van der Waals surface area contributed by atoms with Gasteiger partial charge in [0.15, 0.2) is 0 Å². The minimum atomic E-state index is -3.86. The topological polar surface area (TPSA) is 122 Å². The maximum atomic E-state index is 12.6. The van der Waals surface area contributed by atoms with E-state index < -0.39 is 20.0 Å². The zero-order chi connectivity index (χ0) is 27.5. The molecule has 0 fully saturated rings. The van der Waals surface area contributed by atoms with Gasteiger partial charge in [-0.2, -0.15) is 27.0 Å². The molecule has 0 aliphatic carbocycles. The predicted octanol–water partition coefficient (Wildman–Crippen LogP) is 4.56. The van der Waals surface area contributed by atoms with Crippen molar-refractivity contribution in [3.63, 3.8) is 0 Å². The molecule has 0 saturated carbocycles. The number of rotatable bonds is 9. The van der Waals surface area contributed by atoms with Crippen molar-refractivity contribution in [3.8, 4) is 0 Å². The van der Waals surface area contributed by atoms with Crippen LogP contribution in [0.25, 0.3) is 10.9 Å². The highest BCUT2D eigenvalue weighted by Crippen LogP contribution is 2.31. The minimum Gasteiger partial charge on any atom is -0.331 e. The Morgan fingerprint density at radius 1 is 0.789 bits per heavy atom. The van der Waals surface area contributed by atoms with Crippen LogP contribution in [0, 0.1) is 13.8 Å². The largest absolute Gasteiger partial charge is 0.331 e. The monoisotopic (exact) mass is 571 g/mol. The molecule has 4 rings (SSSR count). The molecule has 3 aromatic carbocycles. The lowest BCUT2D eigenvalue weighted by Crippen LogP contribution is -2.18. The highest BCUT2D eigenvalue weighted by molar-refractivity contribution is 7.89. The lowest BCUT2D eigenvalue weighted by atomic mass is 10.1. The van der Waals surface area contributed by atoms with Crippen LogP contribution in [0.3, 0.4) is 0 Å². The average molecular weight is 572 g/mol. The van der Waals surface area contributed by atoms with E-state index in [1.807, 2.05) is 31.4 Å². The van der Waals surface area contributed by atoms with Crippen molar-refractivity contribution < 1.29 is 16.8 Å². The summed E-state index contributed by atoms with van der Waals surface area (Å²) in [7, 11) is -7.69. The smallest absolute Gasteiger partial charge is 0.276 e. The van der Waals surface area contributed by atoms with Crippen molar-refractivity contribution in [3.05, 3.63) is 94.1 Å². The Morgan fingerprint density at radius 2 is 1.29 bits per heavy atom. The van der Waals surface area contributed by atoms with E-state index in [1.54, 1.807) is 36.4 Å². The summed E-state index contributed by atoms with van der Waals surface area (Å²) >= 11 is 6.65. The maximum Gasteiger partial charge on any atom is 0.276 e. The van der Waals surface area contributed by atoms with Gasteiger partial charge in [0.2, 0.25) is 0 Å². The van der Waals surface area contributed by atoms with Crippen LogP contribution < -0.4 is 9.66 Å². The van der Waals surface area contributed by atoms with E-state index in [0.29, 0.717) is 33.7 Å². The molecular formula is C26H26ClN5O4S2. The van der Waals surface area contributed by atoms with E-state index in [1.165, 1.54) is 36.7 Å². The fourth-order valence-electron chi connectivity index (χ4n) is 3.82. The van der Waals surface area contributed by atoms with E-state index >= 15 is 0 Å². The molecule has 0 spiro atoms. The lowest BCUT2D eigenvalue weighted by Gasteiger charge is -2.06. The number of fused-ring (bicyclic) bond motifs is 1. The quantitative estimate of drug-likeness (QED) is 0.226. The SMILES string of the molecule is CCn1c(Cl)c(/C=N/NS(=O)(=O)c2ccc(C)cc2)c2cccc(/C=N/NS(=O)(=O)c3ccc(C)cc3)c21. The van der Waals surface area contributed by atoms with E-state index in [-0.39, 0.29) is 9.79 Å². The number of aryl methyl sites for hydroxylation is 3. The van der Waals surface area contributed by atoms with Gasteiger partial charge in [0.1, 0.15) is 5.15 Å². The number of hydrazone groups is 2. The van der Waals surface area contributed by atoms with Crippen LogP contribution in [0.4, 0.5) is 0 Å². The van der Waals surface area contributed by atoms with Gasteiger partial charge in [0, 0.05) is 23.1 Å². The van der Waals surface area contributed by atoms with Crippen molar-refractivity contribution in [1.29, 1.82) is 0 Å². The van der Waals surface area contributed by atoms with Crippen molar-refractivity contribution in [2.24, 2.45) is 10.2 Å². The van der Waals surface area contributed by atoms with E-state index in [0.717, 1.165) is 11.1 Å². The molecule has 0 atom stereocenters. The second-order valence-corrected chi connectivity index (χ2v) is 12.2. The van der Waals surface area contributed by atoms with Crippen LogP contribution >= 0.6 is 11.6 Å². The summed E-state index contributed by atoms with van der Waals surface area (Å²) < 4.78 is 52.1. The molecule has 0 aliphatic heterocycles. The molecule has 0 amide bonds. The van der Waals surface area contributed by atoms with Crippen LogP contribution in [0.15, 0.2) is 86.7 Å². The number of nitrogens with zero attached hydrogens (tertiary/aromatic N) is 3. The van der Waals surface area contributed by atoms with Crippen LogP contribution in [-0.4, -0.2) is 33.8 Å². The van der Waals surface area contributed by atoms with Gasteiger partial charge >= 0.3 is 0 Å². The molecule has 1 aromatic heterocycles. The average Bonchev–Trinajstić information content (AvgIpc) is 3.15. The summed E-state index contributed by atoms with van der Waals surface area (Å²) in [5.74, 6) is 0. The maximum absolute atomic E-state index is 12.6. The summed E-state index contributed by atoms with van der Waals surface area (Å²) in [5.41, 5.74) is 3.69. The summed E-state index contributed by atoms with van der Waals surface area (Å²) in [6, 6.07) is 18.2. The number of para-hydroxylation sites is 1. The fraction of sp³-hybridized carbons (Fsp3) is 0.154. The van der Waals surface area contributed by atoms with Gasteiger partial charge in [0.25, 0.3) is 20.0 Å². The number of benzene rings is 3. The summed E-state index contributed by atoms with van der Waals surface area (Å²) in [4.78, 5) is 4.64. The molecular weight excluding hydrogens is 546 g/mol. The van der Waals surface area contributed by atoms with Gasteiger partial charge in [-0.3, -0.25) is 0 Å². The third-order valence-electron chi connectivity index (χ3n) is 5.81. The molecule has 0 aliphatic rings. The number of aromatic nitrogens is 1. The van der Waals surface area contributed by atoms with Crippen LogP contribution in [-0.2, 0) is 26.6 Å². The zero-order valence-electron chi connectivity index (χ0n) is 20.9.